The Morgan fingerprint density at radius 3 is 2.55 bits per heavy atom. The van der Waals surface area contributed by atoms with Gasteiger partial charge in [0.25, 0.3) is 0 Å². The first-order chi connectivity index (χ1) is 14.9. The van der Waals surface area contributed by atoms with Crippen LogP contribution >= 0.6 is 34.5 Å². The number of aromatic nitrogens is 1. The summed E-state index contributed by atoms with van der Waals surface area (Å²) in [4.78, 5) is 5.63. The van der Waals surface area contributed by atoms with Crippen LogP contribution in [0.15, 0.2) is 45.8 Å². The number of phenols is 3. The molecule has 0 amide bonds. The standard InChI is InChI=1S/C22H21Cl2N3O3S/c23-14-7-8-17(24)16(10-14)18-12-31-22(26-15-4-2-1-3-5-15)27(18)25-11-13-6-9-19(28)21(30)20(13)29/h6-12,15,28-30H,1-5H2. The van der Waals surface area contributed by atoms with Gasteiger partial charge in [-0.1, -0.05) is 42.5 Å². The van der Waals surface area contributed by atoms with Crippen molar-refractivity contribution in [1.29, 1.82) is 0 Å². The zero-order valence-electron chi connectivity index (χ0n) is 16.5. The van der Waals surface area contributed by atoms with Crippen LogP contribution in [-0.4, -0.2) is 32.3 Å². The van der Waals surface area contributed by atoms with Gasteiger partial charge in [-0.25, -0.2) is 4.68 Å². The summed E-state index contributed by atoms with van der Waals surface area (Å²) in [5, 5.41) is 37.0. The van der Waals surface area contributed by atoms with Crippen molar-refractivity contribution < 1.29 is 15.3 Å². The van der Waals surface area contributed by atoms with Gasteiger partial charge < -0.3 is 15.3 Å². The molecule has 1 saturated carbocycles. The van der Waals surface area contributed by atoms with Crippen molar-refractivity contribution in [2.75, 3.05) is 0 Å². The lowest BCUT2D eigenvalue weighted by Crippen LogP contribution is -2.19. The number of benzene rings is 2. The molecule has 3 aromatic rings. The van der Waals surface area contributed by atoms with Crippen molar-refractivity contribution >= 4 is 40.8 Å². The maximum atomic E-state index is 10.1. The third-order valence-corrected chi connectivity index (χ3v) is 6.63. The molecule has 0 unspecified atom stereocenters. The van der Waals surface area contributed by atoms with E-state index in [2.05, 4.69) is 5.10 Å². The minimum absolute atomic E-state index is 0.239. The number of thiazole rings is 1. The highest BCUT2D eigenvalue weighted by molar-refractivity contribution is 7.07. The predicted octanol–water partition coefficient (Wildman–Crippen LogP) is 5.76. The Balaban J connectivity index is 1.83. The van der Waals surface area contributed by atoms with Crippen LogP contribution in [0.3, 0.4) is 0 Å². The van der Waals surface area contributed by atoms with Gasteiger partial charge in [-0.3, -0.25) is 4.99 Å². The Hall–Kier alpha value is -2.48. The van der Waals surface area contributed by atoms with Crippen molar-refractivity contribution in [2.45, 2.75) is 38.1 Å². The van der Waals surface area contributed by atoms with Gasteiger partial charge in [0.05, 0.1) is 23.0 Å². The molecular formula is C22H21Cl2N3O3S. The van der Waals surface area contributed by atoms with Gasteiger partial charge in [-0.2, -0.15) is 5.10 Å². The van der Waals surface area contributed by atoms with Crippen LogP contribution in [0.4, 0.5) is 0 Å². The summed E-state index contributed by atoms with van der Waals surface area (Å²) in [5.74, 6) is -1.45. The molecule has 4 rings (SSSR count). The number of phenolic OH excluding ortho intramolecular Hbond substituents is 3. The van der Waals surface area contributed by atoms with Gasteiger partial charge in [-0.05, 0) is 43.2 Å². The number of nitrogens with zero attached hydrogens (tertiary/aromatic N) is 3. The van der Waals surface area contributed by atoms with E-state index in [0.717, 1.165) is 25.7 Å². The second kappa shape index (κ2) is 9.34. The molecule has 6 nitrogen and oxygen atoms in total. The summed E-state index contributed by atoms with van der Waals surface area (Å²) in [5.41, 5.74) is 1.68. The highest BCUT2D eigenvalue weighted by atomic mass is 35.5. The van der Waals surface area contributed by atoms with E-state index in [0.29, 0.717) is 26.1 Å². The monoisotopic (exact) mass is 477 g/mol. The van der Waals surface area contributed by atoms with E-state index in [9.17, 15) is 15.3 Å². The van der Waals surface area contributed by atoms with Crippen LogP contribution in [-0.2, 0) is 0 Å². The summed E-state index contributed by atoms with van der Waals surface area (Å²) in [6.45, 7) is 0. The van der Waals surface area contributed by atoms with Crippen LogP contribution < -0.4 is 4.80 Å². The van der Waals surface area contributed by atoms with Gasteiger partial charge in [0.2, 0.25) is 10.6 Å². The van der Waals surface area contributed by atoms with E-state index in [1.807, 2.05) is 5.38 Å². The van der Waals surface area contributed by atoms with Gasteiger partial charge in [0.15, 0.2) is 11.5 Å². The molecule has 3 N–H and O–H groups in total. The van der Waals surface area contributed by atoms with Crippen molar-refractivity contribution in [2.24, 2.45) is 10.1 Å². The molecule has 0 aliphatic heterocycles. The van der Waals surface area contributed by atoms with Crippen molar-refractivity contribution in [3.8, 4) is 28.5 Å². The fraction of sp³-hybridized carbons (Fsp3) is 0.273. The lowest BCUT2D eigenvalue weighted by molar-refractivity contribution is 0.367. The van der Waals surface area contributed by atoms with E-state index >= 15 is 0 Å². The summed E-state index contributed by atoms with van der Waals surface area (Å²) >= 11 is 14.1. The third-order valence-electron chi connectivity index (χ3n) is 5.23. The molecule has 9 heteroatoms. The van der Waals surface area contributed by atoms with Crippen molar-refractivity contribution in [3.63, 3.8) is 0 Å². The SMILES string of the molecule is Oc1ccc(C=Nn2c(-c3cc(Cl)ccc3Cl)csc2=NC2CCCCC2)c(O)c1O. The highest BCUT2D eigenvalue weighted by Gasteiger charge is 2.16. The number of aromatic hydroxyl groups is 3. The first-order valence-corrected chi connectivity index (χ1v) is 11.6. The Bertz CT molecular complexity index is 1200. The minimum Gasteiger partial charge on any atom is -0.504 e. The van der Waals surface area contributed by atoms with Crippen molar-refractivity contribution in [3.05, 3.63) is 56.1 Å². The zero-order chi connectivity index (χ0) is 22.0. The predicted molar refractivity (Wildman–Crippen MR) is 125 cm³/mol. The highest BCUT2D eigenvalue weighted by Crippen LogP contribution is 2.36. The lowest BCUT2D eigenvalue weighted by Gasteiger charge is -2.16. The summed E-state index contributed by atoms with van der Waals surface area (Å²) in [6, 6.07) is 8.21. The summed E-state index contributed by atoms with van der Waals surface area (Å²) in [7, 11) is 0. The van der Waals surface area contributed by atoms with Crippen molar-refractivity contribution in [1.82, 2.24) is 4.68 Å². The number of halogens is 2. The first-order valence-electron chi connectivity index (χ1n) is 9.92. The smallest absolute Gasteiger partial charge is 0.206 e. The van der Waals surface area contributed by atoms with Gasteiger partial charge >= 0.3 is 0 Å². The molecule has 0 bridgehead atoms. The van der Waals surface area contributed by atoms with E-state index in [-0.39, 0.29) is 11.6 Å². The Labute approximate surface area is 193 Å². The zero-order valence-corrected chi connectivity index (χ0v) is 18.8. The molecule has 0 saturated heterocycles. The van der Waals surface area contributed by atoms with Gasteiger partial charge in [0.1, 0.15) is 0 Å². The van der Waals surface area contributed by atoms with E-state index < -0.39 is 17.2 Å². The first kappa shape index (κ1) is 21.7. The maximum Gasteiger partial charge on any atom is 0.206 e. The van der Waals surface area contributed by atoms with Crippen LogP contribution in [0.2, 0.25) is 10.0 Å². The van der Waals surface area contributed by atoms with Gasteiger partial charge in [0, 0.05) is 21.5 Å². The maximum absolute atomic E-state index is 10.1. The van der Waals surface area contributed by atoms with Crippen LogP contribution in [0, 0.1) is 0 Å². The molecule has 31 heavy (non-hydrogen) atoms. The second-order valence-electron chi connectivity index (χ2n) is 7.38. The molecule has 162 valence electrons. The molecule has 1 heterocycles. The summed E-state index contributed by atoms with van der Waals surface area (Å²) in [6.07, 6.45) is 7.06. The molecule has 0 atom stereocenters. The van der Waals surface area contributed by atoms with E-state index in [4.69, 9.17) is 28.2 Å². The largest absolute Gasteiger partial charge is 0.504 e. The Morgan fingerprint density at radius 1 is 1.00 bits per heavy atom. The fourth-order valence-electron chi connectivity index (χ4n) is 3.55. The topological polar surface area (TPSA) is 90.3 Å². The van der Waals surface area contributed by atoms with Crippen LogP contribution in [0.1, 0.15) is 37.7 Å². The molecule has 1 fully saturated rings. The Morgan fingerprint density at radius 2 is 1.77 bits per heavy atom. The second-order valence-corrected chi connectivity index (χ2v) is 9.06. The molecular weight excluding hydrogens is 457 g/mol. The molecule has 0 spiro atoms. The average Bonchev–Trinajstić information content (AvgIpc) is 3.16. The molecule has 2 aromatic carbocycles. The average molecular weight is 478 g/mol. The number of hydrogen-bond donors (Lipinski definition) is 3. The summed E-state index contributed by atoms with van der Waals surface area (Å²) < 4.78 is 1.67. The molecule has 1 aliphatic rings. The third kappa shape index (κ3) is 4.74. The normalized spacial score (nSPS) is 15.7. The van der Waals surface area contributed by atoms with Crippen LogP contribution in [0.25, 0.3) is 11.3 Å². The molecule has 1 aromatic heterocycles. The number of rotatable bonds is 4. The quantitative estimate of drug-likeness (QED) is 0.329. The molecule has 0 radical (unpaired) electrons. The minimum atomic E-state index is -0.593. The molecule has 1 aliphatic carbocycles. The van der Waals surface area contributed by atoms with Gasteiger partial charge in [-0.15, -0.1) is 11.3 Å². The van der Waals surface area contributed by atoms with Crippen LogP contribution in [0.5, 0.6) is 17.2 Å². The number of hydrogen-bond acceptors (Lipinski definition) is 6. The fourth-order valence-corrected chi connectivity index (χ4v) is 4.84. The van der Waals surface area contributed by atoms with E-state index in [1.54, 1.807) is 22.9 Å². The Kier molecular flexibility index (Phi) is 6.55. The lowest BCUT2D eigenvalue weighted by atomic mass is 9.96. The van der Waals surface area contributed by atoms with E-state index in [1.165, 1.54) is 36.1 Å².